The zero-order chi connectivity index (χ0) is 13.3. The maximum Gasteiger partial charge on any atom is 0.108 e. The first-order chi connectivity index (χ1) is 9.15. The van der Waals surface area contributed by atoms with Gasteiger partial charge in [-0.3, -0.25) is 0 Å². The van der Waals surface area contributed by atoms with Crippen LogP contribution in [-0.4, -0.2) is 18.0 Å². The van der Waals surface area contributed by atoms with Crippen molar-refractivity contribution in [3.63, 3.8) is 0 Å². The number of hydrogen-bond acceptors (Lipinski definition) is 3. The Balaban J connectivity index is 1.71. The third-order valence-electron chi connectivity index (χ3n) is 4.38. The average Bonchev–Trinajstić information content (AvgIpc) is 2.38. The van der Waals surface area contributed by atoms with Crippen LogP contribution in [0.4, 0.5) is 0 Å². The molecule has 3 heteroatoms. The Hall–Kier alpha value is -0.980. The second-order valence-corrected chi connectivity index (χ2v) is 7.45. The smallest absolute Gasteiger partial charge is 0.108 e. The Morgan fingerprint density at radius 3 is 2.63 bits per heavy atom. The number of benzene rings is 1. The van der Waals surface area contributed by atoms with Crippen LogP contribution in [0.2, 0.25) is 0 Å². The van der Waals surface area contributed by atoms with Gasteiger partial charge in [0.15, 0.2) is 0 Å². The molecule has 2 aliphatic rings. The lowest BCUT2D eigenvalue weighted by molar-refractivity contribution is -0.0364. The monoisotopic (exact) mass is 273 g/mol. The summed E-state index contributed by atoms with van der Waals surface area (Å²) in [5.41, 5.74) is 1.66. The topological polar surface area (TPSA) is 33.0 Å². The Morgan fingerprint density at radius 1 is 1.26 bits per heavy atom. The van der Waals surface area contributed by atoms with Gasteiger partial charge in [-0.1, -0.05) is 17.7 Å². The van der Waals surface area contributed by atoms with Crippen LogP contribution in [0.15, 0.2) is 29.2 Å². The van der Waals surface area contributed by atoms with Gasteiger partial charge in [0.05, 0.1) is 6.07 Å². The number of hydrogen-bond donors (Lipinski definition) is 0. The molecule has 2 nitrogen and oxygen atoms in total. The highest BCUT2D eigenvalue weighted by Gasteiger charge is 2.55. The van der Waals surface area contributed by atoms with Crippen molar-refractivity contribution in [3.8, 4) is 6.07 Å². The van der Waals surface area contributed by atoms with E-state index in [9.17, 15) is 5.26 Å². The first-order valence-electron chi connectivity index (χ1n) is 6.90. The molecule has 0 unspecified atom stereocenters. The molecule has 1 spiro atoms. The van der Waals surface area contributed by atoms with E-state index in [2.05, 4.69) is 37.3 Å². The molecule has 0 radical (unpaired) electrons. The molecule has 0 amide bonds. The van der Waals surface area contributed by atoms with Crippen molar-refractivity contribution in [2.75, 3.05) is 13.2 Å². The summed E-state index contributed by atoms with van der Waals surface area (Å²) < 4.78 is 5.24. The van der Waals surface area contributed by atoms with Crippen molar-refractivity contribution in [2.24, 2.45) is 5.41 Å². The number of aryl methyl sites for hydroxylation is 1. The predicted molar refractivity (Wildman–Crippen MR) is 77.1 cm³/mol. The van der Waals surface area contributed by atoms with E-state index in [1.165, 1.54) is 10.5 Å². The van der Waals surface area contributed by atoms with Crippen molar-refractivity contribution in [1.29, 1.82) is 5.26 Å². The van der Waals surface area contributed by atoms with Gasteiger partial charge in [-0.2, -0.15) is 5.26 Å². The van der Waals surface area contributed by atoms with Crippen LogP contribution in [0.5, 0.6) is 0 Å². The van der Waals surface area contributed by atoms with Gasteiger partial charge >= 0.3 is 0 Å². The second-order valence-electron chi connectivity index (χ2n) is 5.99. The van der Waals surface area contributed by atoms with Gasteiger partial charge in [0.1, 0.15) is 4.75 Å². The third-order valence-corrected chi connectivity index (χ3v) is 5.64. The molecule has 0 aromatic heterocycles. The summed E-state index contributed by atoms with van der Waals surface area (Å²) in [6, 6.07) is 11.0. The van der Waals surface area contributed by atoms with Crippen LogP contribution in [-0.2, 0) is 4.74 Å². The van der Waals surface area contributed by atoms with E-state index in [4.69, 9.17) is 4.74 Å². The fourth-order valence-electron chi connectivity index (χ4n) is 3.40. The molecule has 0 atom stereocenters. The van der Waals surface area contributed by atoms with E-state index in [-0.39, 0.29) is 4.75 Å². The Morgan fingerprint density at radius 2 is 2.00 bits per heavy atom. The molecule has 1 aliphatic heterocycles. The standard InChI is InChI=1S/C16H19NOS/c1-13-3-2-4-14(9-13)19-16(12-17)10-15(11-16)5-7-18-8-6-15/h2-4,9H,5-8,10-11H2,1H3. The molecular formula is C16H19NOS. The van der Waals surface area contributed by atoms with Crippen LogP contribution in [0, 0.1) is 23.7 Å². The highest BCUT2D eigenvalue weighted by atomic mass is 32.2. The van der Waals surface area contributed by atoms with Gasteiger partial charge < -0.3 is 4.74 Å². The molecule has 3 rings (SSSR count). The molecule has 0 bridgehead atoms. The lowest BCUT2D eigenvalue weighted by Gasteiger charge is -2.54. The van der Waals surface area contributed by atoms with E-state index in [1.54, 1.807) is 11.8 Å². The van der Waals surface area contributed by atoms with Crippen molar-refractivity contribution in [1.82, 2.24) is 0 Å². The summed E-state index contributed by atoms with van der Waals surface area (Å²) in [6.07, 6.45) is 4.31. The highest BCUT2D eigenvalue weighted by molar-refractivity contribution is 8.01. The lowest BCUT2D eigenvalue weighted by atomic mass is 9.58. The molecule has 1 aromatic carbocycles. The summed E-state index contributed by atoms with van der Waals surface area (Å²) in [7, 11) is 0. The van der Waals surface area contributed by atoms with E-state index < -0.39 is 0 Å². The van der Waals surface area contributed by atoms with Gasteiger partial charge in [0.25, 0.3) is 0 Å². The Bertz CT molecular complexity index is 506. The fraction of sp³-hybridized carbons (Fsp3) is 0.562. The van der Waals surface area contributed by atoms with Crippen LogP contribution < -0.4 is 0 Å². The zero-order valence-corrected chi connectivity index (χ0v) is 12.1. The summed E-state index contributed by atoms with van der Waals surface area (Å²) in [6.45, 7) is 3.84. The van der Waals surface area contributed by atoms with Crippen LogP contribution in [0.1, 0.15) is 31.2 Å². The van der Waals surface area contributed by atoms with E-state index in [0.717, 1.165) is 38.9 Å². The van der Waals surface area contributed by atoms with E-state index >= 15 is 0 Å². The van der Waals surface area contributed by atoms with Crippen LogP contribution in [0.3, 0.4) is 0 Å². The van der Waals surface area contributed by atoms with Gasteiger partial charge in [-0.05, 0) is 50.2 Å². The molecule has 1 aromatic rings. The number of thioether (sulfide) groups is 1. The average molecular weight is 273 g/mol. The third kappa shape index (κ3) is 2.52. The van der Waals surface area contributed by atoms with Crippen LogP contribution in [0.25, 0.3) is 0 Å². The Labute approximate surface area is 119 Å². The fourth-order valence-corrected chi connectivity index (χ4v) is 5.04. The minimum atomic E-state index is -0.203. The first kappa shape index (κ1) is 13.0. The summed E-state index contributed by atoms with van der Waals surface area (Å²) in [5.74, 6) is 0. The molecule has 2 fully saturated rings. The predicted octanol–water partition coefficient (Wildman–Crippen LogP) is 3.94. The number of nitrogens with zero attached hydrogens (tertiary/aromatic N) is 1. The maximum absolute atomic E-state index is 9.58. The van der Waals surface area contributed by atoms with Gasteiger partial charge in [0.2, 0.25) is 0 Å². The van der Waals surface area contributed by atoms with Crippen LogP contribution >= 0.6 is 11.8 Å². The molecule has 1 saturated heterocycles. The van der Waals surface area contributed by atoms with E-state index in [0.29, 0.717) is 5.41 Å². The van der Waals surface area contributed by atoms with Crippen molar-refractivity contribution in [3.05, 3.63) is 29.8 Å². The van der Waals surface area contributed by atoms with Gasteiger partial charge in [0, 0.05) is 18.1 Å². The quantitative estimate of drug-likeness (QED) is 0.818. The molecular weight excluding hydrogens is 254 g/mol. The minimum Gasteiger partial charge on any atom is -0.381 e. The van der Waals surface area contributed by atoms with Gasteiger partial charge in [-0.25, -0.2) is 0 Å². The van der Waals surface area contributed by atoms with Crippen molar-refractivity contribution < 1.29 is 4.74 Å². The first-order valence-corrected chi connectivity index (χ1v) is 7.72. The van der Waals surface area contributed by atoms with E-state index in [1.807, 2.05) is 0 Å². The summed E-state index contributed by atoms with van der Waals surface area (Å²) >= 11 is 1.76. The Kier molecular flexibility index (Phi) is 3.32. The summed E-state index contributed by atoms with van der Waals surface area (Å²) in [5, 5.41) is 9.58. The molecule has 1 heterocycles. The second kappa shape index (κ2) is 4.85. The molecule has 19 heavy (non-hydrogen) atoms. The van der Waals surface area contributed by atoms with Crippen molar-refractivity contribution >= 4 is 11.8 Å². The molecule has 100 valence electrons. The number of ether oxygens (including phenoxy) is 1. The summed E-state index contributed by atoms with van der Waals surface area (Å²) in [4.78, 5) is 1.23. The van der Waals surface area contributed by atoms with Gasteiger partial charge in [-0.15, -0.1) is 11.8 Å². The van der Waals surface area contributed by atoms with Crippen molar-refractivity contribution in [2.45, 2.75) is 42.2 Å². The largest absolute Gasteiger partial charge is 0.381 e. The SMILES string of the molecule is Cc1cccc(SC2(C#N)CC3(CCOCC3)C2)c1. The normalized spacial score (nSPS) is 23.6. The minimum absolute atomic E-state index is 0.203. The molecule has 0 N–H and O–H groups in total. The zero-order valence-electron chi connectivity index (χ0n) is 11.3. The maximum atomic E-state index is 9.58. The molecule has 1 aliphatic carbocycles. The highest BCUT2D eigenvalue weighted by Crippen LogP contribution is 2.61. The number of rotatable bonds is 2. The molecule has 1 saturated carbocycles. The number of nitriles is 1. The lowest BCUT2D eigenvalue weighted by Crippen LogP contribution is -2.51.